The van der Waals surface area contributed by atoms with Gasteiger partial charge in [-0.15, -0.1) is 0 Å². The van der Waals surface area contributed by atoms with Gasteiger partial charge >= 0.3 is 5.97 Å². The molecule has 0 saturated heterocycles. The van der Waals surface area contributed by atoms with E-state index < -0.39 is 11.5 Å². The summed E-state index contributed by atoms with van der Waals surface area (Å²) >= 11 is 0. The summed E-state index contributed by atoms with van der Waals surface area (Å²) in [6.07, 6.45) is 0.0745. The highest BCUT2D eigenvalue weighted by atomic mass is 16.7. The Morgan fingerprint density at radius 3 is 2.34 bits per heavy atom. The van der Waals surface area contributed by atoms with Crippen LogP contribution in [0.3, 0.4) is 0 Å². The number of hydrogen-bond donors (Lipinski definition) is 1. The lowest BCUT2D eigenvalue weighted by Gasteiger charge is -2.18. The molecule has 32 heavy (non-hydrogen) atoms. The van der Waals surface area contributed by atoms with Gasteiger partial charge in [0.05, 0.1) is 29.4 Å². The molecule has 1 aromatic carbocycles. The van der Waals surface area contributed by atoms with Crippen molar-refractivity contribution in [2.45, 2.75) is 47.1 Å². The molecule has 0 aliphatic rings. The third-order valence-corrected chi connectivity index (χ3v) is 4.55. The van der Waals surface area contributed by atoms with Crippen LogP contribution >= 0.6 is 0 Å². The van der Waals surface area contributed by atoms with Crippen molar-refractivity contribution in [3.63, 3.8) is 0 Å². The summed E-state index contributed by atoms with van der Waals surface area (Å²) < 4.78 is 1.96. The second-order valence-electron chi connectivity index (χ2n) is 8.96. The summed E-state index contributed by atoms with van der Waals surface area (Å²) in [5.74, 6) is -0.885. The molecule has 2 heterocycles. The zero-order chi connectivity index (χ0) is 23.6. The molecule has 0 atom stereocenters. The molecule has 0 amide bonds. The maximum absolute atomic E-state index is 13.5. The third-order valence-electron chi connectivity index (χ3n) is 4.55. The monoisotopic (exact) mass is 437 g/mol. The van der Waals surface area contributed by atoms with Gasteiger partial charge in [0.1, 0.15) is 0 Å². The Balaban J connectivity index is 2.26. The highest BCUT2D eigenvalue weighted by Crippen LogP contribution is 2.27. The Morgan fingerprint density at radius 1 is 1.09 bits per heavy atom. The van der Waals surface area contributed by atoms with Gasteiger partial charge in [0.2, 0.25) is 5.95 Å². The van der Waals surface area contributed by atoms with Crippen molar-refractivity contribution in [1.29, 1.82) is 0 Å². The van der Waals surface area contributed by atoms with Gasteiger partial charge in [0.25, 0.3) is 11.1 Å². The summed E-state index contributed by atoms with van der Waals surface area (Å²) in [5, 5.41) is 4.37. The summed E-state index contributed by atoms with van der Waals surface area (Å²) in [7, 11) is 0. The minimum absolute atomic E-state index is 0.0726. The number of carbonyl (C=O) groups is 1. The lowest BCUT2D eigenvalue weighted by atomic mass is 9.93. The van der Waals surface area contributed by atoms with Crippen LogP contribution in [0.4, 0.5) is 5.95 Å². The molecule has 2 N–H and O–H groups in total. The number of aromatic nitrogens is 4. The first-order valence-corrected chi connectivity index (χ1v) is 10.3. The van der Waals surface area contributed by atoms with Gasteiger partial charge in [0, 0.05) is 11.6 Å². The predicted molar refractivity (Wildman–Crippen MR) is 122 cm³/mol. The number of hydrogen-bond acceptors (Lipinski definition) is 7. The van der Waals surface area contributed by atoms with Crippen LogP contribution in [-0.4, -0.2) is 25.5 Å². The average molecular weight is 438 g/mol. The smallest absolute Gasteiger partial charge is 0.333 e. The fraction of sp³-hybridized carbons (Fsp3) is 0.348. The summed E-state index contributed by atoms with van der Waals surface area (Å²) in [6, 6.07) is 11.5. The van der Waals surface area contributed by atoms with Crippen molar-refractivity contribution in [3.05, 3.63) is 63.2 Å². The number of nitrogens with zero attached hydrogens (tertiary/aromatic N) is 4. The Kier molecular flexibility index (Phi) is 6.29. The topological polar surface area (TPSA) is 122 Å². The first-order chi connectivity index (χ1) is 15.0. The second kappa shape index (κ2) is 8.78. The molecule has 3 aromatic rings. The van der Waals surface area contributed by atoms with Gasteiger partial charge in [-0.1, -0.05) is 55.8 Å². The predicted octanol–water partition coefficient (Wildman–Crippen LogP) is 2.69. The van der Waals surface area contributed by atoms with Crippen LogP contribution in [0.15, 0.2) is 52.1 Å². The maximum atomic E-state index is 13.5. The molecule has 0 aliphatic carbocycles. The Labute approximate surface area is 185 Å². The van der Waals surface area contributed by atoms with Crippen molar-refractivity contribution in [3.8, 4) is 22.5 Å². The minimum Gasteiger partial charge on any atom is -0.367 e. The second-order valence-corrected chi connectivity index (χ2v) is 8.96. The van der Waals surface area contributed by atoms with Crippen LogP contribution in [-0.2, 0) is 4.79 Å². The quantitative estimate of drug-likeness (QED) is 0.651. The van der Waals surface area contributed by atoms with Crippen LogP contribution in [0.5, 0.6) is 0 Å². The van der Waals surface area contributed by atoms with Gasteiger partial charge in [0.15, 0.2) is 0 Å². The van der Waals surface area contributed by atoms with E-state index >= 15 is 0 Å². The number of rotatable bonds is 5. The normalized spacial score (nSPS) is 11.6. The van der Waals surface area contributed by atoms with Gasteiger partial charge < -0.3 is 10.6 Å². The summed E-state index contributed by atoms with van der Waals surface area (Å²) in [5.41, 5.74) is 5.88. The number of nitrogen functional groups attached to an aromatic ring is 1. The van der Waals surface area contributed by atoms with Crippen LogP contribution in [0.1, 0.15) is 47.1 Å². The molecule has 9 heteroatoms. The lowest BCUT2D eigenvalue weighted by molar-refractivity contribution is -0.146. The standard InChI is InChI=1S/C23H27N5O4/c1-14(2)27-17(29)12-11-16(26-27)19-20(15-9-7-6-8-10-15)25-22(24)28(21(19)31)32-18(30)13-23(3,4)5/h6-12,14H,13H2,1-5H3,(H2,24,25). The first-order valence-electron chi connectivity index (χ1n) is 10.3. The molecule has 168 valence electrons. The van der Waals surface area contributed by atoms with Crippen LogP contribution in [0.2, 0.25) is 0 Å². The van der Waals surface area contributed by atoms with E-state index in [2.05, 4.69) is 10.1 Å². The fourth-order valence-corrected chi connectivity index (χ4v) is 3.14. The van der Waals surface area contributed by atoms with E-state index in [1.54, 1.807) is 24.3 Å². The van der Waals surface area contributed by atoms with Gasteiger partial charge in [-0.2, -0.15) is 5.10 Å². The van der Waals surface area contributed by atoms with E-state index in [0.717, 1.165) is 0 Å². The van der Waals surface area contributed by atoms with Crippen molar-refractivity contribution in [2.24, 2.45) is 5.41 Å². The van der Waals surface area contributed by atoms with E-state index in [0.29, 0.717) is 10.3 Å². The van der Waals surface area contributed by atoms with Crippen molar-refractivity contribution in [1.82, 2.24) is 19.5 Å². The highest BCUT2D eigenvalue weighted by molar-refractivity contribution is 5.79. The third kappa shape index (κ3) is 4.93. The zero-order valence-electron chi connectivity index (χ0n) is 18.8. The molecule has 0 bridgehead atoms. The van der Waals surface area contributed by atoms with E-state index in [9.17, 15) is 14.4 Å². The molecular formula is C23H27N5O4. The van der Waals surface area contributed by atoms with Gasteiger partial charge in [-0.25, -0.2) is 14.5 Å². The maximum Gasteiger partial charge on any atom is 0.333 e. The van der Waals surface area contributed by atoms with Gasteiger partial charge in [-0.05, 0) is 25.3 Å². The van der Waals surface area contributed by atoms with Crippen LogP contribution < -0.4 is 21.7 Å². The highest BCUT2D eigenvalue weighted by Gasteiger charge is 2.24. The Morgan fingerprint density at radius 2 is 1.75 bits per heavy atom. The largest absolute Gasteiger partial charge is 0.367 e. The number of carbonyl (C=O) groups excluding carboxylic acids is 1. The summed E-state index contributed by atoms with van der Waals surface area (Å²) in [4.78, 5) is 47.7. The Hall–Kier alpha value is -3.75. The molecule has 0 fully saturated rings. The SMILES string of the molecule is CC(C)n1nc(-c2c(-c3ccccc3)nc(N)n(OC(=O)CC(C)(C)C)c2=O)ccc1=O. The molecular weight excluding hydrogens is 410 g/mol. The van der Waals surface area contributed by atoms with Gasteiger partial charge in [-0.3, -0.25) is 9.59 Å². The van der Waals surface area contributed by atoms with Crippen molar-refractivity contribution < 1.29 is 9.63 Å². The van der Waals surface area contributed by atoms with E-state index in [-0.39, 0.29) is 46.3 Å². The Bertz CT molecular complexity index is 1250. The molecule has 3 rings (SSSR count). The van der Waals surface area contributed by atoms with Crippen LogP contribution in [0.25, 0.3) is 22.5 Å². The average Bonchev–Trinajstić information content (AvgIpc) is 2.70. The minimum atomic E-state index is -0.694. The molecule has 0 saturated carbocycles. The van der Waals surface area contributed by atoms with E-state index in [1.807, 2.05) is 40.7 Å². The fourth-order valence-electron chi connectivity index (χ4n) is 3.14. The lowest BCUT2D eigenvalue weighted by Crippen LogP contribution is -2.36. The molecule has 0 aliphatic heterocycles. The molecule has 0 unspecified atom stereocenters. The molecule has 2 aromatic heterocycles. The van der Waals surface area contributed by atoms with E-state index in [4.69, 9.17) is 10.6 Å². The molecule has 0 radical (unpaired) electrons. The number of benzene rings is 1. The number of nitrogens with two attached hydrogens (primary N) is 1. The number of anilines is 1. The molecule has 0 spiro atoms. The zero-order valence-corrected chi connectivity index (χ0v) is 18.8. The first kappa shape index (κ1) is 22.9. The van der Waals surface area contributed by atoms with Crippen LogP contribution in [0, 0.1) is 5.41 Å². The van der Waals surface area contributed by atoms with E-state index in [1.165, 1.54) is 16.8 Å². The van der Waals surface area contributed by atoms with Crippen molar-refractivity contribution >= 4 is 11.9 Å². The molecule has 9 nitrogen and oxygen atoms in total. The van der Waals surface area contributed by atoms with Crippen molar-refractivity contribution in [2.75, 3.05) is 5.73 Å². The summed E-state index contributed by atoms with van der Waals surface area (Å²) in [6.45, 7) is 9.25.